The fourth-order valence-corrected chi connectivity index (χ4v) is 6.30. The van der Waals surface area contributed by atoms with E-state index in [4.69, 9.17) is 0 Å². The highest BCUT2D eigenvalue weighted by Crippen LogP contribution is 2.29. The number of nitrogens with zero attached hydrogens (tertiary/aromatic N) is 3. The molecule has 1 amide bonds. The molecule has 34 heavy (non-hydrogen) atoms. The van der Waals surface area contributed by atoms with E-state index in [9.17, 15) is 13.2 Å². The quantitative estimate of drug-likeness (QED) is 0.413. The van der Waals surface area contributed by atoms with Crippen LogP contribution in [0.4, 0.5) is 5.69 Å². The number of anilines is 1. The van der Waals surface area contributed by atoms with Crippen molar-refractivity contribution in [3.63, 3.8) is 0 Å². The Kier molecular flexibility index (Phi) is 8.12. The lowest BCUT2D eigenvalue weighted by Crippen LogP contribution is -2.37. The van der Waals surface area contributed by atoms with Crippen LogP contribution in [0.25, 0.3) is 11.0 Å². The number of benzene rings is 2. The number of carbonyl (C=O) groups excluding carboxylic acids is 1. The molecule has 0 aliphatic heterocycles. The fraction of sp³-hybridized carbons (Fsp3) is 0.458. The van der Waals surface area contributed by atoms with E-state index in [1.807, 2.05) is 18.2 Å². The van der Waals surface area contributed by atoms with E-state index in [2.05, 4.69) is 42.9 Å². The average molecular weight is 502 g/mol. The topological polar surface area (TPSA) is 104 Å². The van der Waals surface area contributed by atoms with Crippen LogP contribution in [0.1, 0.15) is 32.1 Å². The zero-order valence-corrected chi connectivity index (χ0v) is 20.9. The fourth-order valence-electron chi connectivity index (χ4n) is 4.42. The van der Waals surface area contributed by atoms with E-state index in [0.717, 1.165) is 50.4 Å². The number of hydrogen-bond donors (Lipinski definition) is 2. The largest absolute Gasteiger partial charge is 0.375 e. The van der Waals surface area contributed by atoms with Crippen molar-refractivity contribution in [3.05, 3.63) is 48.5 Å². The van der Waals surface area contributed by atoms with Gasteiger partial charge in [0.1, 0.15) is 15.9 Å². The molecule has 0 bridgehead atoms. The summed E-state index contributed by atoms with van der Waals surface area (Å²) in [7, 11) is -1.60. The average Bonchev–Trinajstić information content (AvgIpc) is 3.35. The highest BCUT2D eigenvalue weighted by Gasteiger charge is 2.28. The Labute approximate surface area is 205 Å². The minimum atomic E-state index is -3.66. The predicted molar refractivity (Wildman–Crippen MR) is 135 cm³/mol. The van der Waals surface area contributed by atoms with Crippen molar-refractivity contribution < 1.29 is 13.2 Å². The van der Waals surface area contributed by atoms with Crippen LogP contribution in [0.3, 0.4) is 0 Å². The Balaban J connectivity index is 1.17. The van der Waals surface area contributed by atoms with Crippen molar-refractivity contribution in [1.29, 1.82) is 0 Å². The second kappa shape index (κ2) is 11.2. The Bertz CT molecular complexity index is 1190. The number of hydrogen-bond acceptors (Lipinski definition) is 7. The summed E-state index contributed by atoms with van der Waals surface area (Å²) in [5.41, 5.74) is 2.17. The number of fused-ring (bicyclic) bond motifs is 1. The molecule has 10 heteroatoms. The van der Waals surface area contributed by atoms with Gasteiger partial charge in [-0.1, -0.05) is 24.3 Å². The molecular weight excluding hydrogens is 470 g/mol. The van der Waals surface area contributed by atoms with E-state index in [1.54, 1.807) is 18.2 Å². The van der Waals surface area contributed by atoms with Crippen LogP contribution in [0.15, 0.2) is 53.4 Å². The van der Waals surface area contributed by atoms with Gasteiger partial charge in [0, 0.05) is 38.3 Å². The van der Waals surface area contributed by atoms with Gasteiger partial charge in [0.05, 0.1) is 11.7 Å². The van der Waals surface area contributed by atoms with Crippen molar-refractivity contribution in [1.82, 2.24) is 18.8 Å². The van der Waals surface area contributed by atoms with Gasteiger partial charge in [-0.3, -0.25) is 4.79 Å². The van der Waals surface area contributed by atoms with Gasteiger partial charge < -0.3 is 10.2 Å². The lowest BCUT2D eigenvalue weighted by Gasteiger charge is -2.28. The normalized spacial score (nSPS) is 18.6. The maximum atomic E-state index is 12.8. The molecule has 2 N–H and O–H groups in total. The van der Waals surface area contributed by atoms with Crippen LogP contribution in [-0.4, -0.2) is 49.8 Å². The second-order valence-corrected chi connectivity index (χ2v) is 11.1. The third-order valence-electron chi connectivity index (χ3n) is 6.48. The summed E-state index contributed by atoms with van der Waals surface area (Å²) in [5, 5.41) is 3.08. The number of aromatic nitrogens is 2. The van der Waals surface area contributed by atoms with Crippen molar-refractivity contribution in [2.75, 3.05) is 31.6 Å². The zero-order chi connectivity index (χ0) is 24.0. The van der Waals surface area contributed by atoms with Crippen LogP contribution in [0.2, 0.25) is 0 Å². The Morgan fingerprint density at radius 3 is 2.59 bits per heavy atom. The van der Waals surface area contributed by atoms with Gasteiger partial charge >= 0.3 is 0 Å². The second-order valence-electron chi connectivity index (χ2n) is 8.86. The number of rotatable bonds is 10. The monoisotopic (exact) mass is 501 g/mol. The van der Waals surface area contributed by atoms with Crippen molar-refractivity contribution in [2.45, 2.75) is 37.0 Å². The van der Waals surface area contributed by atoms with Gasteiger partial charge in [0.2, 0.25) is 15.9 Å². The van der Waals surface area contributed by atoms with Crippen LogP contribution >= 0.6 is 11.7 Å². The molecule has 0 atom stereocenters. The number of amides is 1. The minimum Gasteiger partial charge on any atom is -0.375 e. The van der Waals surface area contributed by atoms with Gasteiger partial charge in [0.15, 0.2) is 0 Å². The lowest BCUT2D eigenvalue weighted by atomic mass is 9.81. The summed E-state index contributed by atoms with van der Waals surface area (Å²) in [6.45, 7) is 1.91. The lowest BCUT2D eigenvalue weighted by molar-refractivity contribution is -0.126. The Morgan fingerprint density at radius 1 is 1.06 bits per heavy atom. The summed E-state index contributed by atoms with van der Waals surface area (Å²) in [4.78, 5) is 14.9. The first-order valence-corrected chi connectivity index (χ1v) is 13.9. The summed E-state index contributed by atoms with van der Waals surface area (Å²) >= 11 is 1.01. The highest BCUT2D eigenvalue weighted by atomic mass is 32.2. The van der Waals surface area contributed by atoms with Crippen LogP contribution in [0.5, 0.6) is 0 Å². The smallest absolute Gasteiger partial charge is 0.242 e. The number of para-hydroxylation sites is 1. The van der Waals surface area contributed by atoms with Crippen molar-refractivity contribution in [3.8, 4) is 0 Å². The maximum absolute atomic E-state index is 12.8. The SMILES string of the molecule is CN(CCCNC(=O)C1CCC(CNS(=O)(=O)c2cccc3nsnc23)CC1)c1ccccc1. The van der Waals surface area contributed by atoms with Crippen LogP contribution < -0.4 is 14.9 Å². The third-order valence-corrected chi connectivity index (χ3v) is 8.48. The van der Waals surface area contributed by atoms with E-state index in [1.165, 1.54) is 5.69 Å². The highest BCUT2D eigenvalue weighted by molar-refractivity contribution is 7.89. The van der Waals surface area contributed by atoms with Crippen molar-refractivity contribution in [2.24, 2.45) is 11.8 Å². The molecule has 0 spiro atoms. The Morgan fingerprint density at radius 2 is 1.82 bits per heavy atom. The Hall–Kier alpha value is -2.56. The summed E-state index contributed by atoms with van der Waals surface area (Å²) in [6.07, 6.45) is 4.12. The van der Waals surface area contributed by atoms with Crippen LogP contribution in [0, 0.1) is 11.8 Å². The number of carbonyl (C=O) groups is 1. The first-order valence-electron chi connectivity index (χ1n) is 11.7. The molecule has 0 radical (unpaired) electrons. The number of sulfonamides is 1. The molecule has 0 saturated heterocycles. The van der Waals surface area contributed by atoms with E-state index in [0.29, 0.717) is 24.1 Å². The summed E-state index contributed by atoms with van der Waals surface area (Å²) in [6, 6.07) is 15.2. The van der Waals surface area contributed by atoms with Gasteiger partial charge in [-0.05, 0) is 62.3 Å². The molecule has 4 rings (SSSR count). The molecule has 1 aliphatic rings. The van der Waals surface area contributed by atoms with Crippen molar-refractivity contribution >= 4 is 44.4 Å². The van der Waals surface area contributed by atoms with Gasteiger partial charge in [-0.2, -0.15) is 8.75 Å². The van der Waals surface area contributed by atoms with Gasteiger partial charge in [-0.25, -0.2) is 13.1 Å². The van der Waals surface area contributed by atoms with E-state index < -0.39 is 10.0 Å². The molecule has 1 aromatic heterocycles. The van der Waals surface area contributed by atoms with E-state index in [-0.39, 0.29) is 22.6 Å². The number of nitrogens with one attached hydrogen (secondary N) is 2. The van der Waals surface area contributed by atoms with Crippen LogP contribution in [-0.2, 0) is 14.8 Å². The summed E-state index contributed by atoms with van der Waals surface area (Å²) < 4.78 is 36.6. The molecule has 2 aromatic carbocycles. The molecule has 1 fully saturated rings. The maximum Gasteiger partial charge on any atom is 0.242 e. The minimum absolute atomic E-state index is 0.00883. The molecule has 1 aliphatic carbocycles. The molecule has 3 aromatic rings. The summed E-state index contributed by atoms with van der Waals surface area (Å²) in [5.74, 6) is 0.352. The standard InChI is InChI=1S/C24H31N5O3S2/c1-29(20-7-3-2-4-8-20)16-6-15-25-24(30)19-13-11-18(12-14-19)17-26-34(31,32)22-10-5-9-21-23(22)28-33-27-21/h2-5,7-10,18-19,26H,6,11-17H2,1H3,(H,25,30). The molecule has 1 heterocycles. The molecule has 182 valence electrons. The molecule has 1 saturated carbocycles. The molecule has 0 unspecified atom stereocenters. The molecule has 8 nitrogen and oxygen atoms in total. The third kappa shape index (κ3) is 6.11. The first kappa shape index (κ1) is 24.6. The van der Waals surface area contributed by atoms with E-state index >= 15 is 0 Å². The van der Waals surface area contributed by atoms with Gasteiger partial charge in [0.25, 0.3) is 0 Å². The molecular formula is C24H31N5O3S2. The van der Waals surface area contributed by atoms with Gasteiger partial charge in [-0.15, -0.1) is 0 Å². The predicted octanol–water partition coefficient (Wildman–Crippen LogP) is 3.42. The zero-order valence-electron chi connectivity index (χ0n) is 19.3. The first-order chi connectivity index (χ1) is 16.4.